The molecule has 0 saturated heterocycles. The zero-order valence-electron chi connectivity index (χ0n) is 15.9. The molecule has 3 N–H and O–H groups in total. The fourth-order valence-corrected chi connectivity index (χ4v) is 3.47. The highest BCUT2D eigenvalue weighted by atomic mass is 19.4. The third-order valence-electron chi connectivity index (χ3n) is 4.79. The summed E-state index contributed by atoms with van der Waals surface area (Å²) in [6.45, 7) is 0. The predicted octanol–water partition coefficient (Wildman–Crippen LogP) is 2.93. The maximum atomic E-state index is 13.5. The summed E-state index contributed by atoms with van der Waals surface area (Å²) in [7, 11) is 0.895. The molecule has 12 heteroatoms. The second kappa shape index (κ2) is 8.13. The number of carbonyl (C=O) groups excluding carboxylic acids is 2. The molecule has 3 amide bonds. The first-order chi connectivity index (χ1) is 14.5. The minimum Gasteiger partial charge on any atom is -0.499 e. The van der Waals surface area contributed by atoms with E-state index < -0.39 is 57.4 Å². The lowest BCUT2D eigenvalue weighted by atomic mass is 10.0. The second-order valence-electron chi connectivity index (χ2n) is 6.75. The number of fused-ring (bicyclic) bond motifs is 1. The number of alkyl halides is 3. The first-order valence-corrected chi connectivity index (χ1v) is 8.87. The highest BCUT2D eigenvalue weighted by molar-refractivity contribution is 6.08. The van der Waals surface area contributed by atoms with Crippen LogP contribution in [0.4, 0.5) is 23.7 Å². The van der Waals surface area contributed by atoms with Crippen LogP contribution >= 0.6 is 0 Å². The molecule has 1 aliphatic carbocycles. The Labute approximate surface area is 173 Å². The summed E-state index contributed by atoms with van der Waals surface area (Å²) in [5, 5.41) is 25.4. The Kier molecular flexibility index (Phi) is 5.73. The van der Waals surface area contributed by atoms with Gasteiger partial charge in [0.1, 0.15) is 5.56 Å². The van der Waals surface area contributed by atoms with Gasteiger partial charge in [-0.25, -0.2) is 4.79 Å². The largest absolute Gasteiger partial charge is 0.499 e. The molecule has 9 nitrogen and oxygen atoms in total. The first-order valence-electron chi connectivity index (χ1n) is 8.87. The van der Waals surface area contributed by atoms with E-state index in [0.717, 1.165) is 18.2 Å². The molecule has 0 radical (unpaired) electrons. The van der Waals surface area contributed by atoms with Crippen LogP contribution in [0.25, 0.3) is 0 Å². The zero-order chi connectivity index (χ0) is 22.9. The van der Waals surface area contributed by atoms with E-state index in [4.69, 9.17) is 0 Å². The number of nitrogens with one attached hydrogen (secondary N) is 2. The molecule has 2 aromatic carbocycles. The third-order valence-corrected chi connectivity index (χ3v) is 4.79. The number of ether oxygens (including phenoxy) is 1. The summed E-state index contributed by atoms with van der Waals surface area (Å²) < 4.78 is 45.0. The minimum absolute atomic E-state index is 0.253. The third kappa shape index (κ3) is 4.37. The van der Waals surface area contributed by atoms with Gasteiger partial charge in [-0.15, -0.1) is 0 Å². The van der Waals surface area contributed by atoms with Gasteiger partial charge < -0.3 is 15.2 Å². The molecule has 0 unspecified atom stereocenters. The number of phenols is 1. The summed E-state index contributed by atoms with van der Waals surface area (Å²) in [5.41, 5.74) is -2.79. The fraction of sp³-hybridized carbons (Fsp3) is 0.263. The van der Waals surface area contributed by atoms with Crippen LogP contribution in [-0.2, 0) is 19.0 Å². The second-order valence-corrected chi connectivity index (χ2v) is 6.75. The topological polar surface area (TPSA) is 131 Å². The number of nitro benzene ring substituents is 1. The smallest absolute Gasteiger partial charge is 0.417 e. The number of hydrogen-bond acceptors (Lipinski definition) is 6. The lowest BCUT2D eigenvalue weighted by molar-refractivity contribution is -0.386. The molecule has 31 heavy (non-hydrogen) atoms. The van der Waals surface area contributed by atoms with E-state index in [2.05, 4.69) is 10.1 Å². The number of imide groups is 1. The molecule has 2 aromatic rings. The van der Waals surface area contributed by atoms with Crippen LogP contribution in [0.1, 0.15) is 27.0 Å². The SMILES string of the molecule is COc1cc(C(F)(F)F)c(C(=O)NC(=O)NC2Cc3ccccc3C2)c([N+](=O)[O-])c1O. The van der Waals surface area contributed by atoms with Gasteiger partial charge in [0.15, 0.2) is 5.75 Å². The van der Waals surface area contributed by atoms with Crippen LogP contribution in [0.3, 0.4) is 0 Å². The number of urea groups is 1. The highest BCUT2D eigenvalue weighted by Crippen LogP contribution is 2.45. The van der Waals surface area contributed by atoms with Crippen LogP contribution in [0.2, 0.25) is 0 Å². The molecule has 0 bridgehead atoms. The number of phenolic OH excluding ortho intramolecular Hbond substituents is 1. The molecule has 0 atom stereocenters. The number of nitrogens with zero attached hydrogens (tertiary/aromatic N) is 1. The van der Waals surface area contributed by atoms with Crippen molar-refractivity contribution < 1.29 is 37.5 Å². The number of halogens is 3. The number of methoxy groups -OCH3 is 1. The van der Waals surface area contributed by atoms with Crippen molar-refractivity contribution in [2.75, 3.05) is 7.11 Å². The van der Waals surface area contributed by atoms with Gasteiger partial charge in [0.05, 0.1) is 17.6 Å². The maximum absolute atomic E-state index is 13.5. The molecule has 0 spiro atoms. The lowest BCUT2D eigenvalue weighted by Crippen LogP contribution is -2.45. The van der Waals surface area contributed by atoms with E-state index in [1.807, 2.05) is 24.3 Å². The van der Waals surface area contributed by atoms with Crippen LogP contribution in [0.5, 0.6) is 11.5 Å². The molecular weight excluding hydrogens is 423 g/mol. The Balaban J connectivity index is 1.88. The normalized spacial score (nSPS) is 13.4. The number of carbonyl (C=O) groups is 2. The number of benzene rings is 2. The molecule has 164 valence electrons. The van der Waals surface area contributed by atoms with Gasteiger partial charge in [0, 0.05) is 6.04 Å². The Bertz CT molecular complexity index is 1050. The number of rotatable bonds is 4. The molecule has 0 heterocycles. The molecule has 1 aliphatic rings. The summed E-state index contributed by atoms with van der Waals surface area (Å²) in [6.07, 6.45) is -4.30. The zero-order valence-corrected chi connectivity index (χ0v) is 15.9. The quantitative estimate of drug-likeness (QED) is 0.496. The average molecular weight is 439 g/mol. The van der Waals surface area contributed by atoms with Gasteiger partial charge in [-0.1, -0.05) is 24.3 Å². The number of aromatic hydroxyl groups is 1. The number of nitro groups is 1. The first kappa shape index (κ1) is 21.9. The molecule has 0 fully saturated rings. The molecular formula is C19H16F3N3O6. The van der Waals surface area contributed by atoms with E-state index in [-0.39, 0.29) is 6.07 Å². The molecule has 0 aromatic heterocycles. The monoisotopic (exact) mass is 439 g/mol. The van der Waals surface area contributed by atoms with Gasteiger partial charge in [-0.2, -0.15) is 13.2 Å². The van der Waals surface area contributed by atoms with Crippen LogP contribution in [-0.4, -0.2) is 35.1 Å². The molecule has 0 saturated carbocycles. The van der Waals surface area contributed by atoms with Crippen LogP contribution in [0.15, 0.2) is 30.3 Å². The van der Waals surface area contributed by atoms with Crippen molar-refractivity contribution in [1.29, 1.82) is 0 Å². The van der Waals surface area contributed by atoms with Crippen LogP contribution < -0.4 is 15.4 Å². The fourth-order valence-electron chi connectivity index (χ4n) is 3.47. The van der Waals surface area contributed by atoms with Crippen molar-refractivity contribution in [3.8, 4) is 11.5 Å². The Morgan fingerprint density at radius 1 is 1.23 bits per heavy atom. The van der Waals surface area contributed by atoms with Crippen LogP contribution in [0, 0.1) is 10.1 Å². The van der Waals surface area contributed by atoms with Crippen molar-refractivity contribution >= 4 is 17.6 Å². The van der Waals surface area contributed by atoms with Gasteiger partial charge in [0.25, 0.3) is 5.91 Å². The van der Waals surface area contributed by atoms with E-state index in [1.54, 1.807) is 5.32 Å². The van der Waals surface area contributed by atoms with E-state index >= 15 is 0 Å². The summed E-state index contributed by atoms with van der Waals surface area (Å²) in [6, 6.07) is 6.07. The Morgan fingerprint density at radius 3 is 2.29 bits per heavy atom. The average Bonchev–Trinajstić information content (AvgIpc) is 3.08. The summed E-state index contributed by atoms with van der Waals surface area (Å²) in [4.78, 5) is 34.6. The van der Waals surface area contributed by atoms with E-state index in [9.17, 15) is 38.0 Å². The molecule has 0 aliphatic heterocycles. The van der Waals surface area contributed by atoms with Gasteiger partial charge in [0.2, 0.25) is 5.75 Å². The maximum Gasteiger partial charge on any atom is 0.417 e. The van der Waals surface area contributed by atoms with Gasteiger partial charge in [-0.05, 0) is 30.0 Å². The van der Waals surface area contributed by atoms with Crippen molar-refractivity contribution in [3.05, 3.63) is 62.7 Å². The lowest BCUT2D eigenvalue weighted by Gasteiger charge is -2.16. The van der Waals surface area contributed by atoms with Crippen molar-refractivity contribution in [2.24, 2.45) is 0 Å². The summed E-state index contributed by atoms with van der Waals surface area (Å²) in [5.74, 6) is -3.80. The number of hydrogen-bond donors (Lipinski definition) is 3. The van der Waals surface area contributed by atoms with E-state index in [0.29, 0.717) is 12.8 Å². The highest BCUT2D eigenvalue weighted by Gasteiger charge is 2.43. The number of amides is 3. The predicted molar refractivity (Wildman–Crippen MR) is 100.0 cm³/mol. The molecule has 3 rings (SSSR count). The standard InChI is InChI=1S/C19H16F3N3O6/c1-31-13-8-12(19(20,21)22)14(15(16(13)26)25(29)30)17(27)24-18(28)23-11-6-9-4-2-3-5-10(9)7-11/h2-5,8,11,26H,6-7H2,1H3,(H2,23,24,27,28). The van der Waals surface area contributed by atoms with Crippen molar-refractivity contribution in [2.45, 2.75) is 25.1 Å². The Morgan fingerprint density at radius 2 is 1.81 bits per heavy atom. The van der Waals surface area contributed by atoms with E-state index in [1.165, 1.54) is 0 Å². The van der Waals surface area contributed by atoms with Gasteiger partial charge >= 0.3 is 17.9 Å². The van der Waals surface area contributed by atoms with Crippen molar-refractivity contribution in [1.82, 2.24) is 10.6 Å². The summed E-state index contributed by atoms with van der Waals surface area (Å²) >= 11 is 0. The Hall–Kier alpha value is -3.83. The van der Waals surface area contributed by atoms with Crippen molar-refractivity contribution in [3.63, 3.8) is 0 Å². The minimum atomic E-state index is -5.21. The van der Waals surface area contributed by atoms with Gasteiger partial charge in [-0.3, -0.25) is 20.2 Å².